The van der Waals surface area contributed by atoms with Crippen molar-refractivity contribution in [2.75, 3.05) is 13.2 Å². The highest BCUT2D eigenvalue weighted by Gasteiger charge is 2.67. The van der Waals surface area contributed by atoms with E-state index in [-0.39, 0.29) is 41.3 Å². The van der Waals surface area contributed by atoms with Gasteiger partial charge in [-0.3, -0.25) is 9.79 Å². The summed E-state index contributed by atoms with van der Waals surface area (Å²) in [5.41, 5.74) is 0.0887. The molecular formula is C31H47NO9. The zero-order valence-corrected chi connectivity index (χ0v) is 24.4. The summed E-state index contributed by atoms with van der Waals surface area (Å²) in [4.78, 5) is 28.2. The van der Waals surface area contributed by atoms with Gasteiger partial charge in [0.25, 0.3) is 0 Å². The van der Waals surface area contributed by atoms with E-state index in [4.69, 9.17) is 9.47 Å². The fraction of sp³-hybridized carbons (Fsp3) is 0.839. The largest absolute Gasteiger partial charge is 0.461 e. The summed E-state index contributed by atoms with van der Waals surface area (Å²) in [6, 6.07) is 0. The highest BCUT2D eigenvalue weighted by Crippen LogP contribution is 2.70. The van der Waals surface area contributed by atoms with Gasteiger partial charge in [-0.2, -0.15) is 0 Å². The molecule has 230 valence electrons. The number of hydrogen-bond acceptors (Lipinski definition) is 10. The summed E-state index contributed by atoms with van der Waals surface area (Å²) in [7, 11) is 0. The highest BCUT2D eigenvalue weighted by atomic mass is 16.5. The van der Waals surface area contributed by atoms with Crippen LogP contribution in [-0.4, -0.2) is 93.0 Å². The van der Waals surface area contributed by atoms with Crippen molar-refractivity contribution < 1.29 is 44.6 Å². The molecule has 1 aliphatic heterocycles. The molecule has 4 aliphatic carbocycles. The molecule has 4 saturated carbocycles. The van der Waals surface area contributed by atoms with Crippen LogP contribution in [-0.2, 0) is 19.1 Å². The molecule has 0 amide bonds. The normalized spacial score (nSPS) is 43.3. The molecule has 41 heavy (non-hydrogen) atoms. The lowest BCUT2D eigenvalue weighted by atomic mass is 9.43. The lowest BCUT2D eigenvalue weighted by Crippen LogP contribution is -2.62. The third kappa shape index (κ3) is 5.28. The van der Waals surface area contributed by atoms with Crippen LogP contribution in [0.15, 0.2) is 16.6 Å². The third-order valence-electron chi connectivity index (χ3n) is 11.9. The van der Waals surface area contributed by atoms with Crippen LogP contribution >= 0.6 is 0 Å². The van der Waals surface area contributed by atoms with E-state index in [1.807, 2.05) is 0 Å². The SMILES string of the molecule is CC(O)C(O)C(O)C(O)C=NCC(=O)OC1CCC2(C)C(CCC3C2CCC2(C)C(C4=CC(=O)OC4)CCC32O)C1. The molecule has 0 aromatic heterocycles. The smallest absolute Gasteiger partial charge is 0.331 e. The Labute approximate surface area is 241 Å². The Morgan fingerprint density at radius 2 is 1.83 bits per heavy atom. The molecule has 10 heteroatoms. The van der Waals surface area contributed by atoms with Crippen LogP contribution in [0.4, 0.5) is 0 Å². The second-order valence-corrected chi connectivity index (χ2v) is 13.9. The number of nitrogens with zero attached hydrogens (tertiary/aromatic N) is 1. The quantitative estimate of drug-likeness (QED) is 0.213. The van der Waals surface area contributed by atoms with E-state index in [0.29, 0.717) is 18.4 Å². The first kappa shape index (κ1) is 30.6. The number of aliphatic imine (C=N–C) groups is 1. The molecule has 12 unspecified atom stereocenters. The van der Waals surface area contributed by atoms with E-state index >= 15 is 0 Å². The van der Waals surface area contributed by atoms with Crippen molar-refractivity contribution in [3.8, 4) is 0 Å². The second-order valence-electron chi connectivity index (χ2n) is 13.9. The Bertz CT molecular complexity index is 1080. The number of aliphatic hydroxyl groups is 5. The molecular weight excluding hydrogens is 530 g/mol. The van der Waals surface area contributed by atoms with Gasteiger partial charge in [-0.25, -0.2) is 4.79 Å². The van der Waals surface area contributed by atoms with Crippen LogP contribution in [0.2, 0.25) is 0 Å². The Balaban J connectivity index is 1.18. The van der Waals surface area contributed by atoms with Gasteiger partial charge < -0.3 is 35.0 Å². The van der Waals surface area contributed by atoms with Gasteiger partial charge in [-0.15, -0.1) is 0 Å². The maximum Gasteiger partial charge on any atom is 0.331 e. The average molecular weight is 578 g/mol. The van der Waals surface area contributed by atoms with Crippen LogP contribution in [0.1, 0.15) is 78.6 Å². The van der Waals surface area contributed by atoms with E-state index in [9.17, 15) is 35.1 Å². The van der Waals surface area contributed by atoms with Crippen molar-refractivity contribution in [1.82, 2.24) is 0 Å². The van der Waals surface area contributed by atoms with Crippen LogP contribution in [0.25, 0.3) is 0 Å². The molecule has 10 nitrogen and oxygen atoms in total. The molecule has 0 spiro atoms. The Hall–Kier alpha value is -1.85. The summed E-state index contributed by atoms with van der Waals surface area (Å²) < 4.78 is 11.0. The number of fused-ring (bicyclic) bond motifs is 5. The minimum absolute atomic E-state index is 0.0652. The van der Waals surface area contributed by atoms with E-state index in [1.54, 1.807) is 6.08 Å². The van der Waals surface area contributed by atoms with Gasteiger partial charge >= 0.3 is 11.9 Å². The first-order chi connectivity index (χ1) is 19.3. The van der Waals surface area contributed by atoms with E-state index < -0.39 is 36.0 Å². The lowest BCUT2D eigenvalue weighted by molar-refractivity contribution is -0.210. The second kappa shape index (κ2) is 11.3. The van der Waals surface area contributed by atoms with Crippen molar-refractivity contribution in [3.05, 3.63) is 11.6 Å². The Morgan fingerprint density at radius 1 is 1.07 bits per heavy atom. The minimum atomic E-state index is -1.62. The molecule has 0 bridgehead atoms. The zero-order chi connectivity index (χ0) is 29.7. The third-order valence-corrected chi connectivity index (χ3v) is 11.9. The summed E-state index contributed by atoms with van der Waals surface area (Å²) in [5.74, 6) is 0.411. The van der Waals surface area contributed by atoms with Crippen molar-refractivity contribution in [3.63, 3.8) is 0 Å². The first-order valence-corrected chi connectivity index (χ1v) is 15.3. The highest BCUT2D eigenvalue weighted by molar-refractivity contribution is 5.85. The van der Waals surface area contributed by atoms with Crippen molar-refractivity contribution in [2.24, 2.45) is 39.5 Å². The van der Waals surface area contributed by atoms with E-state index in [0.717, 1.165) is 69.6 Å². The first-order valence-electron chi connectivity index (χ1n) is 15.3. The van der Waals surface area contributed by atoms with Crippen LogP contribution in [0, 0.1) is 34.5 Å². The predicted octanol–water partition coefficient (Wildman–Crippen LogP) is 1.69. The number of carbonyl (C=O) groups excluding carboxylic acids is 2. The fourth-order valence-electron chi connectivity index (χ4n) is 9.51. The maximum atomic E-state index is 12.5. The fourth-order valence-corrected chi connectivity index (χ4v) is 9.51. The monoisotopic (exact) mass is 577 g/mol. The molecule has 5 rings (SSSR count). The van der Waals surface area contributed by atoms with Gasteiger partial charge in [0.05, 0.1) is 11.7 Å². The number of cyclic esters (lactones) is 1. The average Bonchev–Trinajstić information content (AvgIpc) is 3.47. The summed E-state index contributed by atoms with van der Waals surface area (Å²) >= 11 is 0. The molecule has 12 atom stereocenters. The van der Waals surface area contributed by atoms with Gasteiger partial charge in [0.1, 0.15) is 37.6 Å². The number of carbonyl (C=O) groups is 2. The topological polar surface area (TPSA) is 166 Å². The number of rotatable bonds is 8. The summed E-state index contributed by atoms with van der Waals surface area (Å²) in [6.07, 6.45) is 4.51. The van der Waals surface area contributed by atoms with E-state index in [2.05, 4.69) is 18.8 Å². The Morgan fingerprint density at radius 3 is 2.51 bits per heavy atom. The van der Waals surface area contributed by atoms with E-state index in [1.165, 1.54) is 6.92 Å². The van der Waals surface area contributed by atoms with Gasteiger partial charge in [-0.05, 0) is 99.4 Å². The number of aliphatic hydroxyl groups excluding tert-OH is 4. The molecule has 4 fully saturated rings. The number of hydrogen-bond donors (Lipinski definition) is 5. The number of ether oxygens (including phenoxy) is 2. The van der Waals surface area contributed by atoms with Crippen molar-refractivity contribution >= 4 is 18.2 Å². The summed E-state index contributed by atoms with van der Waals surface area (Å²) in [5, 5.41) is 51.2. The molecule has 0 aromatic rings. The number of esters is 2. The van der Waals surface area contributed by atoms with Crippen LogP contribution in [0.5, 0.6) is 0 Å². The summed E-state index contributed by atoms with van der Waals surface area (Å²) in [6.45, 7) is 5.94. The molecule has 0 saturated heterocycles. The molecule has 5 N–H and O–H groups in total. The molecule has 1 heterocycles. The Kier molecular flexibility index (Phi) is 8.46. The maximum absolute atomic E-state index is 12.5. The zero-order valence-electron chi connectivity index (χ0n) is 24.4. The van der Waals surface area contributed by atoms with Crippen molar-refractivity contribution in [2.45, 2.75) is 115 Å². The van der Waals surface area contributed by atoms with Crippen LogP contribution in [0.3, 0.4) is 0 Å². The van der Waals surface area contributed by atoms with Gasteiger partial charge in [0.2, 0.25) is 0 Å². The van der Waals surface area contributed by atoms with Gasteiger partial charge in [0.15, 0.2) is 0 Å². The lowest BCUT2D eigenvalue weighted by Gasteiger charge is -2.63. The van der Waals surface area contributed by atoms with Crippen LogP contribution < -0.4 is 0 Å². The van der Waals surface area contributed by atoms with Gasteiger partial charge in [-0.1, -0.05) is 13.8 Å². The minimum Gasteiger partial charge on any atom is -0.461 e. The molecule has 0 radical (unpaired) electrons. The molecule has 0 aromatic carbocycles. The van der Waals surface area contributed by atoms with Gasteiger partial charge in [0, 0.05) is 17.7 Å². The van der Waals surface area contributed by atoms with Crippen molar-refractivity contribution in [1.29, 1.82) is 0 Å². The predicted molar refractivity (Wildman–Crippen MR) is 149 cm³/mol. The standard InChI is InChI=1S/C31H47NO9/c1-17(33)27(37)28(38)24(34)14-32-15-26(36)41-20-6-9-29(2)19(13-20)4-5-23-22(29)7-10-30(3)21(8-11-31(23,30)39)18-12-25(35)40-16-18/h12,14,17,19-24,27-28,33-34,37-39H,4-11,13,15-16H2,1-3H3. The molecule has 5 aliphatic rings.